The Morgan fingerprint density at radius 3 is 2.67 bits per heavy atom. The molecule has 2 aromatic heterocycles. The third kappa shape index (κ3) is 3.05. The van der Waals surface area contributed by atoms with E-state index in [1.807, 2.05) is 0 Å². The van der Waals surface area contributed by atoms with Gasteiger partial charge in [-0.2, -0.15) is 5.10 Å². The van der Waals surface area contributed by atoms with Crippen LogP contribution in [0.25, 0.3) is 33.5 Å². The molecule has 2 aromatic carbocycles. The van der Waals surface area contributed by atoms with Gasteiger partial charge < -0.3 is 14.9 Å². The number of aromatic nitrogens is 3. The van der Waals surface area contributed by atoms with Gasteiger partial charge in [0.1, 0.15) is 0 Å². The van der Waals surface area contributed by atoms with E-state index in [0.717, 1.165) is 0 Å². The normalized spacial score (nSPS) is 10.8. The molecule has 0 atom stereocenters. The summed E-state index contributed by atoms with van der Waals surface area (Å²) in [5, 5.41) is 38.3. The first-order valence-electron chi connectivity index (χ1n) is 8.64. The second kappa shape index (κ2) is 7.17. The fraction of sp³-hybridized carbons (Fsp3) is 0.0500. The molecule has 3 N–H and O–H groups in total. The molecule has 0 unspecified atom stereocenters. The number of hydrogen-bond acceptors (Lipinski definition) is 7. The summed E-state index contributed by atoms with van der Waals surface area (Å²) in [5.41, 5.74) is 0.985. The minimum Gasteiger partial charge on any atom is -0.504 e. The van der Waals surface area contributed by atoms with E-state index in [-0.39, 0.29) is 45.0 Å². The Labute approximate surface area is 168 Å². The van der Waals surface area contributed by atoms with Gasteiger partial charge in [-0.25, -0.2) is 9.78 Å². The lowest BCUT2D eigenvalue weighted by molar-refractivity contribution is -0.384. The maximum atomic E-state index is 12.0. The van der Waals surface area contributed by atoms with Crippen LogP contribution in [0.5, 0.6) is 11.5 Å². The average molecular weight is 406 g/mol. The number of nitrogens with zero attached hydrogens (tertiary/aromatic N) is 3. The fourth-order valence-electron chi connectivity index (χ4n) is 3.21. The number of para-hydroxylation sites is 1. The van der Waals surface area contributed by atoms with Gasteiger partial charge in [-0.05, 0) is 18.2 Å². The van der Waals surface area contributed by atoms with Crippen molar-refractivity contribution in [1.29, 1.82) is 0 Å². The molecule has 0 aliphatic heterocycles. The Morgan fingerprint density at radius 1 is 1.20 bits per heavy atom. The predicted octanol–water partition coefficient (Wildman–Crippen LogP) is 3.61. The predicted molar refractivity (Wildman–Crippen MR) is 107 cm³/mol. The van der Waals surface area contributed by atoms with Gasteiger partial charge in [0.15, 0.2) is 17.1 Å². The standard InChI is InChI=1S/C20H14N4O6/c1-30-15-7-3-6-12(18(15)25)14-9-13(20(26)27)16-17(22-23-19(16)21-14)10-4-2-5-11(8-10)24(28)29/h2-9,25H,1H3,(H,26,27)(H,21,22,23). The lowest BCUT2D eigenvalue weighted by Crippen LogP contribution is -2.00. The Kier molecular flexibility index (Phi) is 4.51. The molecule has 0 fully saturated rings. The number of phenolic OH excluding ortho intramolecular Hbond substituents is 1. The number of fused-ring (bicyclic) bond motifs is 1. The molecule has 0 amide bonds. The van der Waals surface area contributed by atoms with Crippen LogP contribution in [0.1, 0.15) is 10.4 Å². The third-order valence-electron chi connectivity index (χ3n) is 4.59. The monoisotopic (exact) mass is 406 g/mol. The van der Waals surface area contributed by atoms with E-state index < -0.39 is 10.9 Å². The number of ether oxygens (including phenoxy) is 1. The van der Waals surface area contributed by atoms with Crippen molar-refractivity contribution >= 4 is 22.7 Å². The number of aromatic hydroxyl groups is 1. The number of aromatic carboxylic acids is 1. The number of carboxylic acids is 1. The van der Waals surface area contributed by atoms with Crippen LogP contribution in [0.3, 0.4) is 0 Å². The number of H-pyrrole nitrogens is 1. The van der Waals surface area contributed by atoms with Crippen molar-refractivity contribution in [2.75, 3.05) is 7.11 Å². The second-order valence-electron chi connectivity index (χ2n) is 6.32. The fourth-order valence-corrected chi connectivity index (χ4v) is 3.21. The molecule has 0 aliphatic rings. The molecule has 30 heavy (non-hydrogen) atoms. The summed E-state index contributed by atoms with van der Waals surface area (Å²) in [7, 11) is 1.40. The number of nitro groups is 1. The molecule has 0 bridgehead atoms. The summed E-state index contributed by atoms with van der Waals surface area (Å²) in [5.74, 6) is -1.21. The van der Waals surface area contributed by atoms with Crippen LogP contribution >= 0.6 is 0 Å². The summed E-state index contributed by atoms with van der Waals surface area (Å²) < 4.78 is 5.09. The minimum absolute atomic E-state index is 0.0913. The molecule has 150 valence electrons. The summed E-state index contributed by atoms with van der Waals surface area (Å²) in [6.07, 6.45) is 0. The SMILES string of the molecule is COc1cccc(-c2cc(C(=O)O)c3c(-c4cccc([N+](=O)[O-])c4)[nH]nc3n2)c1O. The zero-order valence-corrected chi connectivity index (χ0v) is 15.5. The van der Waals surface area contributed by atoms with Gasteiger partial charge in [-0.1, -0.05) is 18.2 Å². The number of hydrogen-bond donors (Lipinski definition) is 3. The highest BCUT2D eigenvalue weighted by Gasteiger charge is 2.22. The Bertz CT molecular complexity index is 1310. The third-order valence-corrected chi connectivity index (χ3v) is 4.59. The maximum absolute atomic E-state index is 12.0. The van der Waals surface area contributed by atoms with Crippen LogP contribution in [-0.4, -0.2) is 43.4 Å². The maximum Gasteiger partial charge on any atom is 0.336 e. The van der Waals surface area contributed by atoms with Gasteiger partial charge in [0.25, 0.3) is 5.69 Å². The van der Waals surface area contributed by atoms with E-state index in [1.54, 1.807) is 24.3 Å². The number of carbonyl (C=O) groups is 1. The zero-order chi connectivity index (χ0) is 21.4. The number of carboxylic acid groups (broad SMARTS) is 1. The second-order valence-corrected chi connectivity index (χ2v) is 6.32. The molecule has 0 radical (unpaired) electrons. The van der Waals surface area contributed by atoms with Crippen molar-refractivity contribution in [2.45, 2.75) is 0 Å². The van der Waals surface area contributed by atoms with Crippen LogP contribution in [0, 0.1) is 10.1 Å². The van der Waals surface area contributed by atoms with E-state index in [9.17, 15) is 25.1 Å². The van der Waals surface area contributed by atoms with E-state index in [0.29, 0.717) is 11.3 Å². The number of non-ortho nitro benzene ring substituents is 1. The average Bonchev–Trinajstić information content (AvgIpc) is 3.17. The van der Waals surface area contributed by atoms with Gasteiger partial charge in [0.2, 0.25) is 0 Å². The largest absolute Gasteiger partial charge is 0.504 e. The van der Waals surface area contributed by atoms with E-state index in [4.69, 9.17) is 4.74 Å². The Balaban J connectivity index is 1.96. The quantitative estimate of drug-likeness (QED) is 0.336. The molecule has 0 spiro atoms. The molecule has 0 saturated heterocycles. The number of aromatic amines is 1. The number of phenols is 1. The van der Waals surface area contributed by atoms with Crippen LogP contribution in [0.4, 0.5) is 5.69 Å². The highest BCUT2D eigenvalue weighted by molar-refractivity contribution is 6.08. The van der Waals surface area contributed by atoms with Crippen molar-refractivity contribution < 1.29 is 24.7 Å². The highest BCUT2D eigenvalue weighted by Crippen LogP contribution is 2.38. The molecule has 4 aromatic rings. The number of methoxy groups -OCH3 is 1. The number of rotatable bonds is 5. The molecule has 0 saturated carbocycles. The molecule has 0 aliphatic carbocycles. The summed E-state index contributed by atoms with van der Waals surface area (Å²) in [6.45, 7) is 0. The van der Waals surface area contributed by atoms with Gasteiger partial charge in [-0.15, -0.1) is 0 Å². The molecule has 2 heterocycles. The number of pyridine rings is 1. The van der Waals surface area contributed by atoms with Crippen LogP contribution in [0.2, 0.25) is 0 Å². The van der Waals surface area contributed by atoms with Crippen LogP contribution in [0.15, 0.2) is 48.5 Å². The minimum atomic E-state index is -1.24. The molecular formula is C20H14N4O6. The topological polar surface area (TPSA) is 151 Å². The first-order valence-corrected chi connectivity index (χ1v) is 8.64. The smallest absolute Gasteiger partial charge is 0.336 e. The molecule has 10 nitrogen and oxygen atoms in total. The van der Waals surface area contributed by atoms with E-state index in [2.05, 4.69) is 15.2 Å². The van der Waals surface area contributed by atoms with Crippen LogP contribution in [-0.2, 0) is 0 Å². The first kappa shape index (κ1) is 18.9. The molecule has 4 rings (SSSR count). The Hall–Kier alpha value is -4.47. The summed E-state index contributed by atoms with van der Waals surface area (Å²) in [6, 6.07) is 11.8. The van der Waals surface area contributed by atoms with E-state index >= 15 is 0 Å². The number of nitro benzene ring substituents is 1. The van der Waals surface area contributed by atoms with Crippen molar-refractivity contribution in [3.05, 3.63) is 64.2 Å². The van der Waals surface area contributed by atoms with Gasteiger partial charge >= 0.3 is 5.97 Å². The van der Waals surface area contributed by atoms with Gasteiger partial charge in [0, 0.05) is 23.3 Å². The summed E-state index contributed by atoms with van der Waals surface area (Å²) in [4.78, 5) is 26.9. The number of nitrogens with one attached hydrogen (secondary N) is 1. The van der Waals surface area contributed by atoms with Crippen molar-refractivity contribution in [1.82, 2.24) is 15.2 Å². The molecular weight excluding hydrogens is 392 g/mol. The number of benzene rings is 2. The van der Waals surface area contributed by atoms with Crippen molar-refractivity contribution in [2.24, 2.45) is 0 Å². The lowest BCUT2D eigenvalue weighted by atomic mass is 10.0. The lowest BCUT2D eigenvalue weighted by Gasteiger charge is -2.09. The van der Waals surface area contributed by atoms with Gasteiger partial charge in [-0.3, -0.25) is 15.2 Å². The zero-order valence-electron chi connectivity index (χ0n) is 15.5. The molecule has 10 heteroatoms. The van der Waals surface area contributed by atoms with Crippen molar-refractivity contribution in [3.63, 3.8) is 0 Å². The first-order chi connectivity index (χ1) is 14.4. The Morgan fingerprint density at radius 2 is 1.97 bits per heavy atom. The van der Waals surface area contributed by atoms with Gasteiger partial charge in [0.05, 0.1) is 34.4 Å². The summed E-state index contributed by atoms with van der Waals surface area (Å²) >= 11 is 0. The van der Waals surface area contributed by atoms with Crippen LogP contribution < -0.4 is 4.74 Å². The highest BCUT2D eigenvalue weighted by atomic mass is 16.6. The van der Waals surface area contributed by atoms with E-state index in [1.165, 1.54) is 31.4 Å². The van der Waals surface area contributed by atoms with Crippen molar-refractivity contribution in [3.8, 4) is 34.0 Å².